The van der Waals surface area contributed by atoms with Crippen LogP contribution in [0, 0.1) is 13.8 Å². The van der Waals surface area contributed by atoms with Gasteiger partial charge in [-0.2, -0.15) is 11.8 Å². The number of nitrogens with one attached hydrogen (secondary N) is 1. The Balaban J connectivity index is 2.83. The minimum atomic E-state index is 0.240. The van der Waals surface area contributed by atoms with Crippen LogP contribution in [0.2, 0.25) is 5.15 Å². The quantitative estimate of drug-likeness (QED) is 0.855. The van der Waals surface area contributed by atoms with Crippen LogP contribution in [0.4, 0.5) is 5.82 Å². The van der Waals surface area contributed by atoms with Gasteiger partial charge in [-0.25, -0.2) is 9.97 Å². The maximum atomic E-state index is 6.12. The molecule has 0 atom stereocenters. The van der Waals surface area contributed by atoms with Crippen molar-refractivity contribution in [1.29, 1.82) is 0 Å². The first-order chi connectivity index (χ1) is 8.48. The second-order valence-corrected chi connectivity index (χ2v) is 6.11. The predicted molar refractivity (Wildman–Crippen MR) is 81.8 cm³/mol. The fourth-order valence-electron chi connectivity index (χ4n) is 1.79. The van der Waals surface area contributed by atoms with Crippen LogP contribution >= 0.6 is 23.4 Å². The smallest absolute Gasteiger partial charge is 0.171 e. The summed E-state index contributed by atoms with van der Waals surface area (Å²) in [6.45, 7) is 9.16. The van der Waals surface area contributed by atoms with Crippen molar-refractivity contribution in [3.63, 3.8) is 0 Å². The molecule has 1 aromatic rings. The van der Waals surface area contributed by atoms with Gasteiger partial charge in [0.15, 0.2) is 11.0 Å². The van der Waals surface area contributed by atoms with E-state index in [0.717, 1.165) is 30.8 Å². The lowest BCUT2D eigenvalue weighted by molar-refractivity contribution is 0.573. The largest absolute Gasteiger partial charge is 0.366 e. The molecule has 0 unspecified atom stereocenters. The Morgan fingerprint density at radius 1 is 1.17 bits per heavy atom. The SMILES string of the molecule is CCC(CC)(CNc1nc(C)c(C)nc1Cl)SC. The molecule has 0 saturated carbocycles. The first-order valence-corrected chi connectivity index (χ1v) is 7.88. The van der Waals surface area contributed by atoms with Crippen molar-refractivity contribution in [3.8, 4) is 0 Å². The number of nitrogens with zero attached hydrogens (tertiary/aromatic N) is 2. The second kappa shape index (κ2) is 6.62. The van der Waals surface area contributed by atoms with E-state index in [0.29, 0.717) is 11.0 Å². The highest BCUT2D eigenvalue weighted by molar-refractivity contribution is 8.00. The minimum Gasteiger partial charge on any atom is -0.366 e. The molecular weight excluding hydrogens is 266 g/mol. The van der Waals surface area contributed by atoms with Gasteiger partial charge in [0.25, 0.3) is 0 Å². The van der Waals surface area contributed by atoms with E-state index in [-0.39, 0.29) is 4.75 Å². The van der Waals surface area contributed by atoms with Crippen LogP contribution in [-0.2, 0) is 0 Å². The van der Waals surface area contributed by atoms with Gasteiger partial charge < -0.3 is 5.32 Å². The molecular formula is C13H22ClN3S. The summed E-state index contributed by atoms with van der Waals surface area (Å²) in [6, 6.07) is 0. The molecule has 0 aliphatic carbocycles. The first-order valence-electron chi connectivity index (χ1n) is 6.27. The van der Waals surface area contributed by atoms with E-state index in [1.165, 1.54) is 0 Å². The van der Waals surface area contributed by atoms with Gasteiger partial charge >= 0.3 is 0 Å². The molecule has 18 heavy (non-hydrogen) atoms. The minimum absolute atomic E-state index is 0.240. The van der Waals surface area contributed by atoms with E-state index in [1.54, 1.807) is 0 Å². The van der Waals surface area contributed by atoms with E-state index in [2.05, 4.69) is 35.4 Å². The van der Waals surface area contributed by atoms with E-state index in [4.69, 9.17) is 11.6 Å². The number of anilines is 1. The fraction of sp³-hybridized carbons (Fsp3) is 0.692. The zero-order valence-corrected chi connectivity index (χ0v) is 13.4. The van der Waals surface area contributed by atoms with E-state index in [1.807, 2.05) is 25.6 Å². The maximum absolute atomic E-state index is 6.12. The number of hydrogen-bond acceptors (Lipinski definition) is 4. The number of hydrogen-bond donors (Lipinski definition) is 1. The summed E-state index contributed by atoms with van der Waals surface area (Å²) in [4.78, 5) is 8.75. The molecule has 0 aliphatic rings. The Labute approximate surface area is 119 Å². The highest BCUT2D eigenvalue weighted by Crippen LogP contribution is 2.31. The number of rotatable bonds is 6. The summed E-state index contributed by atoms with van der Waals surface area (Å²) in [6.07, 6.45) is 4.39. The Morgan fingerprint density at radius 3 is 2.22 bits per heavy atom. The predicted octanol–water partition coefficient (Wildman–Crippen LogP) is 4.08. The molecule has 3 nitrogen and oxygen atoms in total. The zero-order valence-electron chi connectivity index (χ0n) is 11.8. The van der Waals surface area contributed by atoms with Crippen molar-refractivity contribution in [1.82, 2.24) is 9.97 Å². The average molecular weight is 288 g/mol. The molecule has 0 radical (unpaired) electrons. The Morgan fingerprint density at radius 2 is 1.72 bits per heavy atom. The molecule has 102 valence electrons. The molecule has 0 spiro atoms. The van der Waals surface area contributed by atoms with Gasteiger partial charge in [0.05, 0.1) is 11.4 Å². The summed E-state index contributed by atoms with van der Waals surface area (Å²) in [5.74, 6) is 0.695. The van der Waals surface area contributed by atoms with E-state index >= 15 is 0 Å². The van der Waals surface area contributed by atoms with Crippen molar-refractivity contribution < 1.29 is 0 Å². The van der Waals surface area contributed by atoms with Gasteiger partial charge in [0.2, 0.25) is 0 Å². The lowest BCUT2D eigenvalue weighted by Crippen LogP contribution is -2.32. The number of aromatic nitrogens is 2. The lowest BCUT2D eigenvalue weighted by atomic mass is 10.0. The molecule has 1 aromatic heterocycles. The van der Waals surface area contributed by atoms with Crippen molar-refractivity contribution in [2.45, 2.75) is 45.3 Å². The van der Waals surface area contributed by atoms with Crippen LogP contribution in [0.25, 0.3) is 0 Å². The Hall–Kier alpha value is -0.480. The van der Waals surface area contributed by atoms with Crippen LogP contribution in [0.15, 0.2) is 0 Å². The van der Waals surface area contributed by atoms with Crippen LogP contribution < -0.4 is 5.32 Å². The molecule has 1 rings (SSSR count). The van der Waals surface area contributed by atoms with Gasteiger partial charge in [-0.15, -0.1) is 0 Å². The van der Waals surface area contributed by atoms with E-state index < -0.39 is 0 Å². The van der Waals surface area contributed by atoms with Crippen LogP contribution in [-0.4, -0.2) is 27.5 Å². The normalized spacial score (nSPS) is 11.7. The molecule has 0 fully saturated rings. The van der Waals surface area contributed by atoms with Crippen molar-refractivity contribution in [2.75, 3.05) is 18.1 Å². The van der Waals surface area contributed by atoms with Gasteiger partial charge in [0, 0.05) is 11.3 Å². The van der Waals surface area contributed by atoms with E-state index in [9.17, 15) is 0 Å². The van der Waals surface area contributed by atoms with Crippen molar-refractivity contribution in [3.05, 3.63) is 16.5 Å². The van der Waals surface area contributed by atoms with Gasteiger partial charge in [0.1, 0.15) is 0 Å². The van der Waals surface area contributed by atoms with Crippen molar-refractivity contribution in [2.24, 2.45) is 0 Å². The standard InChI is InChI=1S/C13H22ClN3S/c1-6-13(7-2,18-5)8-15-12-11(14)16-9(3)10(4)17-12/h6-8H2,1-5H3,(H,15,17). The van der Waals surface area contributed by atoms with Crippen molar-refractivity contribution >= 4 is 29.2 Å². The summed E-state index contributed by atoms with van der Waals surface area (Å²) >= 11 is 8.01. The summed E-state index contributed by atoms with van der Waals surface area (Å²) < 4.78 is 0.240. The third kappa shape index (κ3) is 3.51. The highest BCUT2D eigenvalue weighted by atomic mass is 35.5. The average Bonchev–Trinajstić information content (AvgIpc) is 2.37. The zero-order chi connectivity index (χ0) is 13.8. The molecule has 1 N–H and O–H groups in total. The maximum Gasteiger partial charge on any atom is 0.171 e. The monoisotopic (exact) mass is 287 g/mol. The van der Waals surface area contributed by atoms with Gasteiger partial charge in [-0.05, 0) is 32.9 Å². The molecule has 5 heteroatoms. The second-order valence-electron chi connectivity index (χ2n) is 4.48. The fourth-order valence-corrected chi connectivity index (χ4v) is 2.82. The summed E-state index contributed by atoms with van der Waals surface area (Å²) in [5, 5.41) is 3.81. The van der Waals surface area contributed by atoms with Crippen LogP contribution in [0.5, 0.6) is 0 Å². The topological polar surface area (TPSA) is 37.8 Å². The molecule has 0 amide bonds. The third-order valence-corrected chi connectivity index (χ3v) is 5.42. The number of thioether (sulfide) groups is 1. The Kier molecular flexibility index (Phi) is 5.73. The summed E-state index contributed by atoms with van der Waals surface area (Å²) in [5.41, 5.74) is 1.80. The van der Waals surface area contributed by atoms with Gasteiger partial charge in [-0.1, -0.05) is 25.4 Å². The third-order valence-electron chi connectivity index (χ3n) is 3.56. The molecule has 0 bridgehead atoms. The molecule has 1 heterocycles. The van der Waals surface area contributed by atoms with Gasteiger partial charge in [-0.3, -0.25) is 0 Å². The highest BCUT2D eigenvalue weighted by Gasteiger charge is 2.25. The lowest BCUT2D eigenvalue weighted by Gasteiger charge is -2.30. The first kappa shape index (κ1) is 15.6. The Bertz CT molecular complexity index is 397. The number of halogens is 1. The van der Waals surface area contributed by atoms with Crippen LogP contribution in [0.1, 0.15) is 38.1 Å². The molecule has 0 aliphatic heterocycles. The van der Waals surface area contributed by atoms with Crippen LogP contribution in [0.3, 0.4) is 0 Å². The number of aryl methyl sites for hydroxylation is 2. The molecule has 0 aromatic carbocycles. The summed E-state index contributed by atoms with van der Waals surface area (Å²) in [7, 11) is 0. The molecule has 0 saturated heterocycles.